The molecule has 2 heterocycles. The predicted molar refractivity (Wildman–Crippen MR) is 82.9 cm³/mol. The van der Waals surface area contributed by atoms with Crippen molar-refractivity contribution in [3.63, 3.8) is 0 Å². The maximum Gasteiger partial charge on any atom is 0.410 e. The number of likely N-dealkylation sites (tertiary alicyclic amines) is 2. The van der Waals surface area contributed by atoms with Crippen LogP contribution in [0.5, 0.6) is 0 Å². The first-order chi connectivity index (χ1) is 11.0. The molecule has 0 saturated carbocycles. The van der Waals surface area contributed by atoms with Gasteiger partial charge in [-0.05, 0) is 33.6 Å². The van der Waals surface area contributed by atoms with E-state index in [1.165, 1.54) is 12.0 Å². The lowest BCUT2D eigenvalue weighted by atomic mass is 10.0. The molecule has 0 aliphatic carbocycles. The Hall–Kier alpha value is -1.44. The van der Waals surface area contributed by atoms with Gasteiger partial charge in [0.15, 0.2) is 0 Å². The highest BCUT2D eigenvalue weighted by Gasteiger charge is 2.51. The van der Waals surface area contributed by atoms with Crippen molar-refractivity contribution in [2.75, 3.05) is 26.7 Å². The maximum absolute atomic E-state index is 13.8. The van der Waals surface area contributed by atoms with Crippen molar-refractivity contribution in [2.45, 2.75) is 63.6 Å². The van der Waals surface area contributed by atoms with E-state index >= 15 is 0 Å². The molecule has 8 heteroatoms. The monoisotopic (exact) mass is 348 g/mol. The van der Waals surface area contributed by atoms with Gasteiger partial charge in [0.2, 0.25) is 0 Å². The molecule has 2 rings (SSSR count). The lowest BCUT2D eigenvalue weighted by molar-refractivity contribution is -0.147. The van der Waals surface area contributed by atoms with Crippen LogP contribution in [0.25, 0.3) is 0 Å². The fourth-order valence-electron chi connectivity index (χ4n) is 3.29. The number of alkyl halides is 2. The standard InChI is InChI=1S/C16H26F2N2O4/c1-15(2,3)24-14(22)19-7-5-11(6-8-19)20-10-16(17,18)9-12(20)13(21)23-4/h11-12H,5-10H2,1-4H3/t12-/m0/s1. The Balaban J connectivity index is 1.95. The fourth-order valence-corrected chi connectivity index (χ4v) is 3.29. The molecular formula is C16H26F2N2O4. The molecule has 138 valence electrons. The Morgan fingerprint density at radius 1 is 1.17 bits per heavy atom. The fraction of sp³-hybridized carbons (Fsp3) is 0.875. The van der Waals surface area contributed by atoms with Crippen LogP contribution < -0.4 is 0 Å². The van der Waals surface area contributed by atoms with Gasteiger partial charge in [-0.1, -0.05) is 0 Å². The second-order valence-electron chi connectivity index (χ2n) is 7.47. The smallest absolute Gasteiger partial charge is 0.410 e. The molecule has 2 aliphatic rings. The molecular weight excluding hydrogens is 322 g/mol. The molecule has 0 aromatic carbocycles. The number of hydrogen-bond acceptors (Lipinski definition) is 5. The van der Waals surface area contributed by atoms with Crippen molar-refractivity contribution >= 4 is 12.1 Å². The zero-order valence-corrected chi connectivity index (χ0v) is 14.7. The highest BCUT2D eigenvalue weighted by molar-refractivity contribution is 5.76. The second kappa shape index (κ2) is 6.82. The molecule has 0 aromatic heterocycles. The number of nitrogens with zero attached hydrogens (tertiary/aromatic N) is 2. The number of carbonyl (C=O) groups excluding carboxylic acids is 2. The van der Waals surface area contributed by atoms with Crippen LogP contribution in [0.4, 0.5) is 13.6 Å². The SMILES string of the molecule is COC(=O)[C@@H]1CC(F)(F)CN1C1CCN(C(=O)OC(C)(C)C)CC1. The van der Waals surface area contributed by atoms with Crippen LogP contribution >= 0.6 is 0 Å². The lowest BCUT2D eigenvalue weighted by Gasteiger charge is -2.38. The zero-order valence-electron chi connectivity index (χ0n) is 14.7. The Morgan fingerprint density at radius 3 is 2.25 bits per heavy atom. The average molecular weight is 348 g/mol. The minimum atomic E-state index is -2.89. The van der Waals surface area contributed by atoms with Crippen molar-refractivity contribution in [2.24, 2.45) is 0 Å². The van der Waals surface area contributed by atoms with Gasteiger partial charge in [-0.3, -0.25) is 9.69 Å². The van der Waals surface area contributed by atoms with Gasteiger partial charge in [-0.25, -0.2) is 13.6 Å². The van der Waals surface area contributed by atoms with Crippen LogP contribution in [0.2, 0.25) is 0 Å². The van der Waals surface area contributed by atoms with Gasteiger partial charge in [0.05, 0.1) is 13.7 Å². The normalized spacial score (nSPS) is 25.6. The van der Waals surface area contributed by atoms with Gasteiger partial charge < -0.3 is 14.4 Å². The molecule has 0 radical (unpaired) electrons. The first-order valence-electron chi connectivity index (χ1n) is 8.22. The third kappa shape index (κ3) is 4.55. The van der Waals surface area contributed by atoms with E-state index < -0.39 is 42.6 Å². The van der Waals surface area contributed by atoms with Crippen LogP contribution in [-0.2, 0) is 14.3 Å². The van der Waals surface area contributed by atoms with E-state index in [-0.39, 0.29) is 6.04 Å². The zero-order chi connectivity index (χ0) is 18.1. The number of halogens is 2. The number of methoxy groups -OCH3 is 1. The summed E-state index contributed by atoms with van der Waals surface area (Å²) >= 11 is 0. The lowest BCUT2D eigenvalue weighted by Crippen LogP contribution is -2.51. The van der Waals surface area contributed by atoms with Crippen molar-refractivity contribution in [3.05, 3.63) is 0 Å². The summed E-state index contributed by atoms with van der Waals surface area (Å²) in [5.41, 5.74) is -0.569. The number of carbonyl (C=O) groups is 2. The number of esters is 1. The number of ether oxygens (including phenoxy) is 2. The van der Waals surface area contributed by atoms with Crippen molar-refractivity contribution in [1.82, 2.24) is 9.80 Å². The van der Waals surface area contributed by atoms with Gasteiger partial charge in [0.25, 0.3) is 5.92 Å². The molecule has 2 aliphatic heterocycles. The summed E-state index contributed by atoms with van der Waals surface area (Å²) in [7, 11) is 1.21. The summed E-state index contributed by atoms with van der Waals surface area (Å²) in [4.78, 5) is 27.0. The van der Waals surface area contributed by atoms with Crippen LogP contribution in [0.3, 0.4) is 0 Å². The third-order valence-corrected chi connectivity index (χ3v) is 4.36. The molecule has 0 N–H and O–H groups in total. The van der Waals surface area contributed by atoms with Gasteiger partial charge in [-0.15, -0.1) is 0 Å². The molecule has 6 nitrogen and oxygen atoms in total. The molecule has 1 amide bonds. The molecule has 24 heavy (non-hydrogen) atoms. The quantitative estimate of drug-likeness (QED) is 0.717. The third-order valence-electron chi connectivity index (χ3n) is 4.36. The summed E-state index contributed by atoms with van der Waals surface area (Å²) < 4.78 is 37.5. The molecule has 0 spiro atoms. The van der Waals surface area contributed by atoms with E-state index in [2.05, 4.69) is 4.74 Å². The van der Waals surface area contributed by atoms with E-state index in [4.69, 9.17) is 4.74 Å². The van der Waals surface area contributed by atoms with Gasteiger partial charge >= 0.3 is 12.1 Å². The van der Waals surface area contributed by atoms with E-state index in [0.29, 0.717) is 25.9 Å². The maximum atomic E-state index is 13.8. The Kier molecular flexibility index (Phi) is 5.37. The van der Waals surface area contributed by atoms with Crippen LogP contribution in [-0.4, -0.2) is 72.2 Å². The summed E-state index contributed by atoms with van der Waals surface area (Å²) in [5, 5.41) is 0. The Labute approximate surface area is 141 Å². The summed E-state index contributed by atoms with van der Waals surface area (Å²) in [6, 6.07) is -1.08. The number of rotatable bonds is 2. The number of piperidine rings is 1. The molecule has 0 aromatic rings. The van der Waals surface area contributed by atoms with Gasteiger partial charge in [0.1, 0.15) is 11.6 Å². The number of amides is 1. The van der Waals surface area contributed by atoms with E-state index in [1.807, 2.05) is 0 Å². The molecule has 2 saturated heterocycles. The molecule has 0 unspecified atom stereocenters. The Bertz CT molecular complexity index is 485. The summed E-state index contributed by atoms with van der Waals surface area (Å²) in [6.45, 7) is 5.80. The predicted octanol–water partition coefficient (Wildman–Crippen LogP) is 2.27. The average Bonchev–Trinajstić information content (AvgIpc) is 2.81. The highest BCUT2D eigenvalue weighted by Crippen LogP contribution is 2.36. The minimum absolute atomic E-state index is 0.166. The van der Waals surface area contributed by atoms with Crippen LogP contribution in [0.1, 0.15) is 40.0 Å². The highest BCUT2D eigenvalue weighted by atomic mass is 19.3. The topological polar surface area (TPSA) is 59.1 Å². The van der Waals surface area contributed by atoms with Crippen LogP contribution in [0, 0.1) is 0 Å². The van der Waals surface area contributed by atoms with E-state index in [0.717, 1.165) is 0 Å². The largest absolute Gasteiger partial charge is 0.468 e. The van der Waals surface area contributed by atoms with Crippen molar-refractivity contribution in [3.8, 4) is 0 Å². The van der Waals surface area contributed by atoms with Crippen molar-refractivity contribution in [1.29, 1.82) is 0 Å². The molecule has 1 atom stereocenters. The molecule has 0 bridgehead atoms. The summed E-state index contributed by atoms with van der Waals surface area (Å²) in [6.07, 6.45) is 0.162. The van der Waals surface area contributed by atoms with Gasteiger partial charge in [0, 0.05) is 25.6 Å². The first-order valence-corrected chi connectivity index (χ1v) is 8.22. The van der Waals surface area contributed by atoms with Gasteiger partial charge in [-0.2, -0.15) is 0 Å². The Morgan fingerprint density at radius 2 is 1.75 bits per heavy atom. The van der Waals surface area contributed by atoms with E-state index in [9.17, 15) is 18.4 Å². The van der Waals surface area contributed by atoms with Crippen molar-refractivity contribution < 1.29 is 27.8 Å². The molecule has 2 fully saturated rings. The van der Waals surface area contributed by atoms with Crippen LogP contribution in [0.15, 0.2) is 0 Å². The summed E-state index contributed by atoms with van der Waals surface area (Å²) in [5.74, 6) is -3.51. The first kappa shape index (κ1) is 18.9. The number of hydrogen-bond donors (Lipinski definition) is 0. The second-order valence-corrected chi connectivity index (χ2v) is 7.47. The minimum Gasteiger partial charge on any atom is -0.468 e. The van der Waals surface area contributed by atoms with E-state index in [1.54, 1.807) is 25.7 Å².